The monoisotopic (exact) mass is 322 g/mol. The smallest absolute Gasteiger partial charge is 0.226 e. The Bertz CT molecular complexity index is 1020. The van der Waals surface area contributed by atoms with Crippen LogP contribution in [0.5, 0.6) is 0 Å². The van der Waals surface area contributed by atoms with Crippen LogP contribution in [0, 0.1) is 0 Å². The Morgan fingerprint density at radius 3 is 2.36 bits per heavy atom. The van der Waals surface area contributed by atoms with Gasteiger partial charge >= 0.3 is 0 Å². The molecular formula is C13H15ClN6O2. The molecule has 0 amide bonds. The van der Waals surface area contributed by atoms with E-state index in [4.69, 9.17) is 11.6 Å². The van der Waals surface area contributed by atoms with Gasteiger partial charge < -0.3 is 0 Å². The molecule has 0 fully saturated rings. The highest BCUT2D eigenvalue weighted by Gasteiger charge is 1.99. The van der Waals surface area contributed by atoms with Crippen molar-refractivity contribution in [1.29, 1.82) is 0 Å². The summed E-state index contributed by atoms with van der Waals surface area (Å²) in [5.41, 5.74) is 0.541. The van der Waals surface area contributed by atoms with Gasteiger partial charge in [0.15, 0.2) is 11.3 Å². The average Bonchev–Trinajstić information content (AvgIpc) is 3.08. The number of fused-ring (bicyclic) bond motifs is 2. The van der Waals surface area contributed by atoms with Crippen LogP contribution in [0.4, 0.5) is 0 Å². The fourth-order valence-corrected chi connectivity index (χ4v) is 1.95. The number of hydrogen-bond acceptors (Lipinski definition) is 4. The summed E-state index contributed by atoms with van der Waals surface area (Å²) in [6.45, 7) is 0. The number of hydrogen-bond donors (Lipinski definition) is 2. The van der Waals surface area contributed by atoms with Crippen molar-refractivity contribution in [2.24, 2.45) is 0 Å². The van der Waals surface area contributed by atoms with Gasteiger partial charge in [-0.1, -0.05) is 19.0 Å². The van der Waals surface area contributed by atoms with Crippen molar-refractivity contribution < 1.29 is 1.43 Å². The summed E-state index contributed by atoms with van der Waals surface area (Å²) in [5.74, 6) is 0. The van der Waals surface area contributed by atoms with Crippen molar-refractivity contribution in [3.05, 3.63) is 68.7 Å². The van der Waals surface area contributed by atoms with Crippen LogP contribution in [0.25, 0.3) is 11.3 Å². The van der Waals surface area contributed by atoms with Gasteiger partial charge in [-0.25, -0.2) is 19.0 Å². The molecule has 2 N–H and O–H groups in total. The van der Waals surface area contributed by atoms with E-state index >= 15 is 0 Å². The zero-order valence-electron chi connectivity index (χ0n) is 10.5. The number of nitrogens with zero attached hydrogens (tertiary/aromatic N) is 4. The Morgan fingerprint density at radius 2 is 1.68 bits per heavy atom. The molecule has 0 saturated heterocycles. The quantitative estimate of drug-likeness (QED) is 0.513. The number of H-pyrrole nitrogens is 2. The molecular weight excluding hydrogens is 308 g/mol. The summed E-state index contributed by atoms with van der Waals surface area (Å²) in [5, 5.41) is 5.86. The van der Waals surface area contributed by atoms with Crippen molar-refractivity contribution in [3.8, 4) is 0 Å². The molecule has 4 aromatic rings. The minimum atomic E-state index is -0.182. The number of aromatic amines is 2. The molecule has 0 saturated carbocycles. The molecule has 22 heavy (non-hydrogen) atoms. The first-order valence-electron chi connectivity index (χ1n) is 5.88. The van der Waals surface area contributed by atoms with Crippen LogP contribution in [0.15, 0.2) is 52.7 Å². The number of halogens is 1. The first kappa shape index (κ1) is 15.5. The Kier molecular flexibility index (Phi) is 4.42. The lowest BCUT2D eigenvalue weighted by Crippen LogP contribution is -2.06. The van der Waals surface area contributed by atoms with E-state index in [-0.39, 0.29) is 19.7 Å². The molecule has 4 aromatic heterocycles. The zero-order chi connectivity index (χ0) is 14.8. The minimum Gasteiger partial charge on any atom is -0.300 e. The number of imidazole rings is 2. The Labute approximate surface area is 130 Å². The van der Waals surface area contributed by atoms with Gasteiger partial charge in [0.05, 0.1) is 0 Å². The highest BCUT2D eigenvalue weighted by molar-refractivity contribution is 6.29. The molecule has 0 radical (unpaired) electrons. The summed E-state index contributed by atoms with van der Waals surface area (Å²) in [6, 6.07) is 2.74. The maximum Gasteiger partial charge on any atom is 0.226 e. The largest absolute Gasteiger partial charge is 0.300 e. The third kappa shape index (κ3) is 2.91. The average molecular weight is 323 g/mol. The lowest BCUT2D eigenvalue weighted by Gasteiger charge is -1.92. The number of nitrogens with one attached hydrogen (secondary N) is 2. The summed E-state index contributed by atoms with van der Waals surface area (Å²) in [6.07, 6.45) is 8.01. The van der Waals surface area contributed by atoms with Gasteiger partial charge in [-0.05, 0) is 0 Å². The Hall–Kier alpha value is -2.87. The molecule has 0 bridgehead atoms. The van der Waals surface area contributed by atoms with Crippen LogP contribution in [-0.2, 0) is 0 Å². The normalized spacial score (nSPS) is 10.0. The van der Waals surface area contributed by atoms with Crippen molar-refractivity contribution in [2.75, 3.05) is 0 Å². The lowest BCUT2D eigenvalue weighted by molar-refractivity contribution is 0.929. The summed E-state index contributed by atoms with van der Waals surface area (Å²) >= 11 is 5.58. The predicted octanol–water partition coefficient (Wildman–Crippen LogP) is 1.58. The fourth-order valence-electron chi connectivity index (χ4n) is 1.76. The SMILES string of the molecule is C.O=c1cc(Cl)[nH]n2ccnc12.O=c1cc[nH]n2ccnc12.[HH]. The molecule has 8 nitrogen and oxygen atoms in total. The van der Waals surface area contributed by atoms with Crippen LogP contribution >= 0.6 is 11.6 Å². The van der Waals surface area contributed by atoms with Crippen molar-refractivity contribution in [3.63, 3.8) is 0 Å². The highest BCUT2D eigenvalue weighted by Crippen LogP contribution is 1.99. The molecule has 0 aliphatic rings. The second-order valence-corrected chi connectivity index (χ2v) is 4.44. The molecule has 116 valence electrons. The van der Waals surface area contributed by atoms with Crippen molar-refractivity contribution >= 4 is 22.9 Å². The molecule has 4 rings (SSSR count). The third-order valence-corrected chi connectivity index (χ3v) is 2.85. The van der Waals surface area contributed by atoms with E-state index in [0.717, 1.165) is 0 Å². The predicted molar refractivity (Wildman–Crippen MR) is 85.5 cm³/mol. The molecule has 0 aliphatic carbocycles. The van der Waals surface area contributed by atoms with Gasteiger partial charge in [0, 0.05) is 44.5 Å². The van der Waals surface area contributed by atoms with Crippen LogP contribution in [-0.4, -0.2) is 29.2 Å². The molecule has 0 spiro atoms. The summed E-state index contributed by atoms with van der Waals surface area (Å²) in [7, 11) is 0. The number of rotatable bonds is 0. The second-order valence-electron chi connectivity index (χ2n) is 4.04. The van der Waals surface area contributed by atoms with E-state index in [1.807, 2.05) is 0 Å². The molecule has 0 aliphatic heterocycles. The van der Waals surface area contributed by atoms with Gasteiger partial charge in [0.1, 0.15) is 5.15 Å². The van der Waals surface area contributed by atoms with E-state index in [9.17, 15) is 9.59 Å². The van der Waals surface area contributed by atoms with Gasteiger partial charge in [-0.3, -0.25) is 19.8 Å². The van der Waals surface area contributed by atoms with Crippen molar-refractivity contribution in [1.82, 2.24) is 29.2 Å². The first-order chi connectivity index (χ1) is 10.1. The number of aromatic nitrogens is 6. The highest BCUT2D eigenvalue weighted by atomic mass is 35.5. The standard InChI is InChI=1S/C6H4ClN3O.C6H5N3O.CH4.H2/c7-5-3-4(11)6-8-1-2-10(6)9-5;10-5-1-2-8-9-4-3-7-6(5)9;;/h1-3,9H;1-4,8H;1H4;1H. The minimum absolute atomic E-state index is 0. The van der Waals surface area contributed by atoms with Crippen LogP contribution < -0.4 is 10.9 Å². The van der Waals surface area contributed by atoms with Crippen LogP contribution in [0.2, 0.25) is 5.15 Å². The summed E-state index contributed by atoms with van der Waals surface area (Å²) < 4.78 is 3.05. The van der Waals surface area contributed by atoms with E-state index in [2.05, 4.69) is 20.2 Å². The molecule has 9 heteroatoms. The van der Waals surface area contributed by atoms with E-state index < -0.39 is 0 Å². The topological polar surface area (TPSA) is 100 Å². The van der Waals surface area contributed by atoms with Gasteiger partial charge in [0.25, 0.3) is 0 Å². The molecule has 0 aromatic carbocycles. The van der Waals surface area contributed by atoms with E-state index in [0.29, 0.717) is 16.4 Å². The third-order valence-electron chi connectivity index (χ3n) is 2.66. The second kappa shape index (κ2) is 6.27. The maximum absolute atomic E-state index is 11.1. The van der Waals surface area contributed by atoms with E-state index in [1.165, 1.54) is 22.8 Å². The van der Waals surface area contributed by atoms with Crippen LogP contribution in [0.3, 0.4) is 0 Å². The molecule has 4 heterocycles. The van der Waals surface area contributed by atoms with Gasteiger partial charge in [-0.2, -0.15) is 0 Å². The van der Waals surface area contributed by atoms with Crippen molar-refractivity contribution in [2.45, 2.75) is 7.43 Å². The first-order valence-corrected chi connectivity index (χ1v) is 6.25. The van der Waals surface area contributed by atoms with Crippen LogP contribution in [0.1, 0.15) is 8.85 Å². The summed E-state index contributed by atoms with van der Waals surface area (Å²) in [4.78, 5) is 29.7. The maximum atomic E-state index is 11.1. The Balaban J connectivity index is 0.000000212. The molecule has 0 atom stereocenters. The lowest BCUT2D eigenvalue weighted by atomic mass is 10.5. The van der Waals surface area contributed by atoms with Gasteiger partial charge in [-0.15, -0.1) is 0 Å². The molecule has 0 unspecified atom stereocenters. The zero-order valence-corrected chi connectivity index (χ0v) is 11.3. The van der Waals surface area contributed by atoms with Gasteiger partial charge in [0.2, 0.25) is 10.9 Å². The fraction of sp³-hybridized carbons (Fsp3) is 0.0769. The Morgan fingerprint density at radius 1 is 1.05 bits per heavy atom. The van der Waals surface area contributed by atoms with E-state index in [1.54, 1.807) is 29.3 Å².